The fourth-order valence-corrected chi connectivity index (χ4v) is 4.26. The van der Waals surface area contributed by atoms with Gasteiger partial charge in [-0.15, -0.1) is 0 Å². The van der Waals surface area contributed by atoms with Crippen molar-refractivity contribution in [1.82, 2.24) is 15.5 Å². The molecule has 1 unspecified atom stereocenters. The molecular formula is C27H22F2N4O3. The zero-order chi connectivity index (χ0) is 25.4. The summed E-state index contributed by atoms with van der Waals surface area (Å²) in [6.07, 6.45) is 0. The number of nitrogens with one attached hydrogen (secondary N) is 1. The van der Waals surface area contributed by atoms with Crippen molar-refractivity contribution in [2.75, 3.05) is 12.0 Å². The van der Waals surface area contributed by atoms with E-state index in [9.17, 15) is 13.6 Å². The summed E-state index contributed by atoms with van der Waals surface area (Å²) < 4.78 is 38.7. The lowest BCUT2D eigenvalue weighted by molar-refractivity contribution is 0.244. The minimum atomic E-state index is -1.07. The number of anilines is 1. The largest absolute Gasteiger partial charge is 0.497 e. The van der Waals surface area contributed by atoms with Crippen LogP contribution in [0.5, 0.6) is 5.75 Å². The van der Waals surface area contributed by atoms with Crippen LogP contribution < -0.4 is 15.0 Å². The Labute approximate surface area is 206 Å². The summed E-state index contributed by atoms with van der Waals surface area (Å²) in [5, 5.41) is 7.09. The highest BCUT2D eigenvalue weighted by Crippen LogP contribution is 2.40. The monoisotopic (exact) mass is 488 g/mol. The second kappa shape index (κ2) is 9.26. The molecule has 36 heavy (non-hydrogen) atoms. The van der Waals surface area contributed by atoms with Gasteiger partial charge in [0.05, 0.1) is 24.4 Å². The molecule has 0 radical (unpaired) electrons. The molecule has 0 bridgehead atoms. The molecule has 4 aromatic rings. The molecule has 0 aliphatic carbocycles. The number of hydrogen-bond donors (Lipinski definition) is 1. The number of ether oxygens (including phenoxy) is 1. The summed E-state index contributed by atoms with van der Waals surface area (Å²) in [5.74, 6) is -0.900. The van der Waals surface area contributed by atoms with Crippen LogP contribution in [0.3, 0.4) is 0 Å². The van der Waals surface area contributed by atoms with E-state index < -0.39 is 23.7 Å². The molecule has 1 aliphatic heterocycles. The Balaban J connectivity index is 1.67. The van der Waals surface area contributed by atoms with Gasteiger partial charge in [0.2, 0.25) is 5.82 Å². The number of allylic oxidation sites excluding steroid dienone is 1. The predicted octanol–water partition coefficient (Wildman–Crippen LogP) is 6.03. The van der Waals surface area contributed by atoms with Crippen molar-refractivity contribution < 1.29 is 22.8 Å². The number of benzene rings is 3. The highest BCUT2D eigenvalue weighted by Gasteiger charge is 2.37. The number of carbonyl (C=O) groups excluding carboxylic acids is 1. The van der Waals surface area contributed by atoms with Gasteiger partial charge in [-0.1, -0.05) is 41.1 Å². The van der Waals surface area contributed by atoms with E-state index in [2.05, 4.69) is 15.5 Å². The number of urea groups is 1. The van der Waals surface area contributed by atoms with Crippen molar-refractivity contribution in [2.45, 2.75) is 19.9 Å². The first-order valence-electron chi connectivity index (χ1n) is 11.2. The highest BCUT2D eigenvalue weighted by atomic mass is 19.2. The molecule has 0 saturated heterocycles. The van der Waals surface area contributed by atoms with Crippen LogP contribution in [0, 0.1) is 18.6 Å². The van der Waals surface area contributed by atoms with E-state index in [1.807, 2.05) is 37.3 Å². The van der Waals surface area contributed by atoms with Gasteiger partial charge in [-0.3, -0.25) is 4.90 Å². The fraction of sp³-hybridized carbons (Fsp3) is 0.148. The third-order valence-corrected chi connectivity index (χ3v) is 6.01. The number of hydrogen-bond acceptors (Lipinski definition) is 5. The maximum absolute atomic E-state index is 14.1. The maximum Gasteiger partial charge on any atom is 0.327 e. The van der Waals surface area contributed by atoms with Gasteiger partial charge in [0.1, 0.15) is 5.75 Å². The van der Waals surface area contributed by atoms with Gasteiger partial charge in [0.25, 0.3) is 5.89 Å². The SMILES string of the molecule is COc1cccc(C2NC(=O)N(c3ccc(F)c(F)c3)C(C)=C2c2nc(-c3cccc(C)c3)no2)c1. The van der Waals surface area contributed by atoms with Gasteiger partial charge in [-0.05, 0) is 49.7 Å². The lowest BCUT2D eigenvalue weighted by Gasteiger charge is -2.35. The number of carbonyl (C=O) groups is 1. The van der Waals surface area contributed by atoms with Crippen LogP contribution in [0.2, 0.25) is 0 Å². The average Bonchev–Trinajstić information content (AvgIpc) is 3.35. The first-order chi connectivity index (χ1) is 17.4. The van der Waals surface area contributed by atoms with Crippen molar-refractivity contribution in [2.24, 2.45) is 0 Å². The fourth-order valence-electron chi connectivity index (χ4n) is 4.26. The van der Waals surface area contributed by atoms with Crippen LogP contribution in [0.15, 0.2) is 77.0 Å². The number of rotatable bonds is 5. The van der Waals surface area contributed by atoms with E-state index in [0.717, 1.165) is 28.8 Å². The summed E-state index contributed by atoms with van der Waals surface area (Å²) in [5.41, 5.74) is 3.63. The Kier molecular flexibility index (Phi) is 5.97. The lowest BCUT2D eigenvalue weighted by Crippen LogP contribution is -2.46. The van der Waals surface area contributed by atoms with Crippen LogP contribution in [0.4, 0.5) is 19.3 Å². The predicted molar refractivity (Wildman–Crippen MR) is 130 cm³/mol. The van der Waals surface area contributed by atoms with Crippen LogP contribution in [-0.4, -0.2) is 23.3 Å². The van der Waals surface area contributed by atoms with Crippen molar-refractivity contribution in [3.63, 3.8) is 0 Å². The Morgan fingerprint density at radius 2 is 1.81 bits per heavy atom. The second-order valence-corrected chi connectivity index (χ2v) is 8.38. The minimum absolute atomic E-state index is 0.156. The first kappa shape index (κ1) is 23.2. The molecular weight excluding hydrogens is 466 g/mol. The van der Waals surface area contributed by atoms with Crippen molar-refractivity contribution in [3.05, 3.63) is 101 Å². The maximum atomic E-state index is 14.1. The smallest absolute Gasteiger partial charge is 0.327 e. The average molecular weight is 488 g/mol. The van der Waals surface area contributed by atoms with Gasteiger partial charge < -0.3 is 14.6 Å². The number of aromatic nitrogens is 2. The summed E-state index contributed by atoms with van der Waals surface area (Å²) >= 11 is 0. The topological polar surface area (TPSA) is 80.5 Å². The lowest BCUT2D eigenvalue weighted by atomic mass is 9.94. The van der Waals surface area contributed by atoms with Crippen LogP contribution >= 0.6 is 0 Å². The van der Waals surface area contributed by atoms with Crippen molar-refractivity contribution >= 4 is 17.3 Å². The first-order valence-corrected chi connectivity index (χ1v) is 11.2. The van der Waals surface area contributed by atoms with E-state index in [4.69, 9.17) is 9.26 Å². The van der Waals surface area contributed by atoms with E-state index in [1.54, 1.807) is 32.2 Å². The molecule has 9 heteroatoms. The van der Waals surface area contributed by atoms with E-state index >= 15 is 0 Å². The van der Waals surface area contributed by atoms with E-state index in [-0.39, 0.29) is 11.6 Å². The zero-order valence-electron chi connectivity index (χ0n) is 19.8. The number of halogens is 2. The van der Waals surface area contributed by atoms with Gasteiger partial charge in [0.15, 0.2) is 11.6 Å². The molecule has 2 heterocycles. The standard InChI is InChI=1S/C27H22F2N4O3/c1-15-6-4-8-18(12-15)25-31-26(36-32-25)23-16(2)33(19-10-11-21(28)22(29)14-19)27(34)30-24(23)17-7-5-9-20(13-17)35-3/h4-14,24H,1-3H3,(H,30,34). The summed E-state index contributed by atoms with van der Waals surface area (Å²) in [6.45, 7) is 3.66. The molecule has 5 rings (SSSR count). The van der Waals surface area contributed by atoms with Gasteiger partial charge in [0, 0.05) is 17.3 Å². The zero-order valence-corrected chi connectivity index (χ0v) is 19.8. The second-order valence-electron chi connectivity index (χ2n) is 8.38. The Morgan fingerprint density at radius 1 is 1.00 bits per heavy atom. The summed E-state index contributed by atoms with van der Waals surface area (Å²) in [7, 11) is 1.55. The summed E-state index contributed by atoms with van der Waals surface area (Å²) in [4.78, 5) is 19.1. The highest BCUT2D eigenvalue weighted by molar-refractivity contribution is 6.01. The van der Waals surface area contributed by atoms with Crippen LogP contribution in [0.25, 0.3) is 17.0 Å². The number of methoxy groups -OCH3 is 1. The minimum Gasteiger partial charge on any atom is -0.497 e. The Bertz CT molecular complexity index is 1500. The van der Waals surface area contributed by atoms with Gasteiger partial charge in [-0.25, -0.2) is 13.6 Å². The molecule has 1 aliphatic rings. The summed E-state index contributed by atoms with van der Waals surface area (Å²) in [6, 6.07) is 17.0. The van der Waals surface area contributed by atoms with Crippen LogP contribution in [0.1, 0.15) is 30.0 Å². The normalized spacial score (nSPS) is 15.8. The molecule has 1 aromatic heterocycles. The molecule has 0 saturated carbocycles. The van der Waals surface area contributed by atoms with Gasteiger partial charge >= 0.3 is 6.03 Å². The molecule has 1 atom stereocenters. The number of amides is 2. The van der Waals surface area contributed by atoms with Gasteiger partial charge in [-0.2, -0.15) is 4.98 Å². The van der Waals surface area contributed by atoms with Crippen molar-refractivity contribution in [1.29, 1.82) is 0 Å². The Hall–Kier alpha value is -4.53. The molecule has 3 aromatic carbocycles. The Morgan fingerprint density at radius 3 is 2.56 bits per heavy atom. The number of nitrogens with zero attached hydrogens (tertiary/aromatic N) is 3. The molecule has 0 spiro atoms. The third-order valence-electron chi connectivity index (χ3n) is 6.01. The molecule has 2 amide bonds. The molecule has 7 nitrogen and oxygen atoms in total. The third kappa shape index (κ3) is 4.19. The van der Waals surface area contributed by atoms with Crippen molar-refractivity contribution in [3.8, 4) is 17.1 Å². The van der Waals surface area contributed by atoms with E-state index in [1.165, 1.54) is 11.0 Å². The number of aryl methyl sites for hydroxylation is 1. The quantitative estimate of drug-likeness (QED) is 0.371. The molecule has 1 N–H and O–H groups in total. The molecule has 182 valence electrons. The molecule has 0 fully saturated rings. The van der Waals surface area contributed by atoms with Crippen LogP contribution in [-0.2, 0) is 0 Å². The van der Waals surface area contributed by atoms with E-state index in [0.29, 0.717) is 22.8 Å².